The summed E-state index contributed by atoms with van der Waals surface area (Å²) in [5.41, 5.74) is 10.0. The van der Waals surface area contributed by atoms with Crippen molar-refractivity contribution in [2.75, 3.05) is 44.7 Å². The molecule has 0 aromatic heterocycles. The molecular formula is C83H101Cl2N11O28. The molecule has 14 rings (SSSR count). The molecule has 4 unspecified atom stereocenters. The van der Waals surface area contributed by atoms with Gasteiger partial charge in [0.2, 0.25) is 53.4 Å². The van der Waals surface area contributed by atoms with Gasteiger partial charge in [-0.25, -0.2) is 4.79 Å². The number of amides is 7. The van der Waals surface area contributed by atoms with Crippen LogP contribution in [0.15, 0.2) is 103 Å². The first-order chi connectivity index (χ1) is 58.8. The average Bonchev–Trinajstić information content (AvgIpc) is 0.761. The van der Waals surface area contributed by atoms with E-state index < -0.39 is 279 Å². The lowest BCUT2D eigenvalue weighted by molar-refractivity contribution is -0.350. The van der Waals surface area contributed by atoms with E-state index in [-0.39, 0.29) is 42.0 Å². The van der Waals surface area contributed by atoms with E-state index in [0.29, 0.717) is 19.6 Å². The van der Waals surface area contributed by atoms with Crippen LogP contribution in [0.2, 0.25) is 10.0 Å². The minimum absolute atomic E-state index is 0.125. The van der Waals surface area contributed by atoms with Gasteiger partial charge in [-0.05, 0) is 142 Å². The lowest BCUT2D eigenvalue weighted by Gasteiger charge is -2.46. The van der Waals surface area contributed by atoms with E-state index in [9.17, 15) is 75.7 Å². The van der Waals surface area contributed by atoms with Crippen LogP contribution in [0.1, 0.15) is 118 Å². The highest BCUT2D eigenvalue weighted by Gasteiger charge is 2.53. The number of aliphatic hydroxyl groups excluding tert-OH is 8. The summed E-state index contributed by atoms with van der Waals surface area (Å²) < 4.78 is 51.3. The fourth-order valence-electron chi connectivity index (χ4n) is 15.7. The van der Waals surface area contributed by atoms with Crippen molar-refractivity contribution >= 4 is 76.2 Å². The fourth-order valence-corrected chi connectivity index (χ4v) is 16.2. The molecule has 8 aliphatic rings. The van der Waals surface area contributed by atoms with Crippen molar-refractivity contribution in [1.82, 2.24) is 42.5 Å². The highest BCUT2D eigenvalue weighted by Crippen LogP contribution is 2.50. The molecule has 0 saturated carbocycles. The molecule has 11 bridgehead atoms. The van der Waals surface area contributed by atoms with Crippen molar-refractivity contribution < 1.29 is 138 Å². The van der Waals surface area contributed by atoms with E-state index >= 15 is 24.0 Å². The number of carboxylic acid groups (broad SMARTS) is 1. The maximum Gasteiger partial charge on any atom is 0.330 e. The second kappa shape index (κ2) is 39.0. The second-order valence-corrected chi connectivity index (χ2v) is 32.8. The number of hydrogen-bond donors (Lipinski definition) is 22. The molecule has 670 valence electrons. The molecule has 3 saturated heterocycles. The van der Waals surface area contributed by atoms with Crippen molar-refractivity contribution in [2.45, 2.75) is 201 Å². The van der Waals surface area contributed by atoms with E-state index in [2.05, 4.69) is 47.4 Å². The first-order valence-corrected chi connectivity index (χ1v) is 40.7. The Morgan fingerprint density at radius 3 is 1.95 bits per heavy atom. The van der Waals surface area contributed by atoms with Gasteiger partial charge >= 0.3 is 5.97 Å². The Morgan fingerprint density at radius 2 is 1.32 bits per heavy atom. The number of benzene rings is 6. The highest BCUT2D eigenvalue weighted by molar-refractivity contribution is 6.32. The number of aliphatic hydroxyl groups is 8. The molecule has 6 aromatic rings. The zero-order valence-electron chi connectivity index (χ0n) is 68.0. The molecular weight excluding hydrogens is 1670 g/mol. The summed E-state index contributed by atoms with van der Waals surface area (Å²) in [6.45, 7) is 10.7. The van der Waals surface area contributed by atoms with Crippen LogP contribution >= 0.6 is 23.2 Å². The number of aryl methyl sites for hydroxylation is 1. The monoisotopic (exact) mass is 1770 g/mol. The molecule has 8 aliphatic heterocycles. The molecule has 0 radical (unpaired) electrons. The van der Waals surface area contributed by atoms with Gasteiger partial charge in [0.15, 0.2) is 30.1 Å². The highest BCUT2D eigenvalue weighted by atomic mass is 35.5. The van der Waals surface area contributed by atoms with Crippen LogP contribution in [0.5, 0.6) is 46.0 Å². The third-order valence-electron chi connectivity index (χ3n) is 22.3. The normalized spacial score (nSPS) is 29.9. The number of carboxylic acids is 1. The number of aliphatic carboxylic acids is 1. The van der Waals surface area contributed by atoms with Crippen LogP contribution in [0.3, 0.4) is 0 Å². The Hall–Kier alpha value is -10.4. The van der Waals surface area contributed by atoms with Crippen molar-refractivity contribution in [3.05, 3.63) is 147 Å². The number of carbonyl (C=O) groups excluding carboxylic acids is 7. The topological polar surface area (TPSA) is 605 Å². The number of phenols is 3. The van der Waals surface area contributed by atoms with E-state index in [0.717, 1.165) is 78.0 Å². The largest absolute Gasteiger partial charge is 0.508 e. The molecule has 124 heavy (non-hydrogen) atoms. The Morgan fingerprint density at radius 1 is 0.685 bits per heavy atom. The first kappa shape index (κ1) is 92.8. The Kier molecular flexibility index (Phi) is 29.2. The Balaban J connectivity index is 1.03. The summed E-state index contributed by atoms with van der Waals surface area (Å²) in [5.74, 6) is -16.6. The van der Waals surface area contributed by atoms with Gasteiger partial charge in [0.05, 0.1) is 41.3 Å². The van der Waals surface area contributed by atoms with Crippen LogP contribution in [-0.2, 0) is 62.0 Å². The van der Waals surface area contributed by atoms with E-state index in [1.165, 1.54) is 33.0 Å². The van der Waals surface area contributed by atoms with E-state index in [1.807, 2.05) is 52.0 Å². The molecule has 7 amide bonds. The average molecular weight is 1770 g/mol. The fraction of sp³-hybridized carbons (Fsp3) is 0.470. The van der Waals surface area contributed by atoms with Crippen LogP contribution in [0.25, 0.3) is 11.1 Å². The van der Waals surface area contributed by atoms with Crippen LogP contribution in [0.4, 0.5) is 5.69 Å². The number of hydrogen-bond acceptors (Lipinski definition) is 31. The second-order valence-electron chi connectivity index (χ2n) is 32.0. The lowest BCUT2D eigenvalue weighted by Crippen LogP contribution is -2.65. The van der Waals surface area contributed by atoms with Gasteiger partial charge in [-0.3, -0.25) is 33.6 Å². The molecule has 39 nitrogen and oxygen atoms in total. The molecule has 8 heterocycles. The quantitative estimate of drug-likeness (QED) is 0.0408. The molecule has 0 spiro atoms. The first-order valence-electron chi connectivity index (χ1n) is 39.9. The van der Waals surface area contributed by atoms with E-state index in [4.69, 9.17) is 72.6 Å². The molecule has 0 aliphatic carbocycles. The van der Waals surface area contributed by atoms with Gasteiger partial charge in [0, 0.05) is 66.6 Å². The summed E-state index contributed by atoms with van der Waals surface area (Å²) in [6, 6.07) is 6.93. The minimum Gasteiger partial charge on any atom is -0.508 e. The number of rotatable bonds is 22. The predicted octanol–water partition coefficient (Wildman–Crippen LogP) is 0.363. The summed E-state index contributed by atoms with van der Waals surface area (Å²) in [5, 5.41) is 159. The SMILES string of the molecule is CCN(CCNC[C@H]1O[C@@H](O[C@H]2[C@H](O)[C@@H](O)[C@H](Oc3c4cc5cc3Oc3ccc(cc3Cl)[C@@H](O[C@H]3C[C@](C)(N)[C@@H](O)[C@H](C)O3)[C@@H]3NC(=O)C(NC(=O)[C@@H]5NC(=O)C(CC(N)=O)NC(=O)C(NC(=O)[C@@H](CC(C)C)NC)[C@H](O)c5ccc(c(Cl)c5)O4)c4ccc(O)c(c4)-c4c(O)cc(O)cc4C(C(=O)O)NC3=O)O[C@@H]2CO)[C@H](O)[C@@H](O)[C@H]1O)c1cccc(C)c1. The van der Waals surface area contributed by atoms with Crippen LogP contribution < -0.4 is 73.1 Å². The number of nitrogens with two attached hydrogens (primary N) is 2. The molecule has 41 heteroatoms. The number of aromatic hydroxyl groups is 3. The molecule has 3 fully saturated rings. The number of fused-ring (bicyclic) bond motifs is 15. The maximum absolute atomic E-state index is 16.4. The van der Waals surface area contributed by atoms with Crippen molar-refractivity contribution in [1.29, 1.82) is 0 Å². The number of ether oxygens (including phenoxy) is 8. The van der Waals surface area contributed by atoms with Crippen molar-refractivity contribution in [3.8, 4) is 57.1 Å². The maximum atomic E-state index is 16.4. The summed E-state index contributed by atoms with van der Waals surface area (Å²) in [6.07, 6.45) is -28.9. The summed E-state index contributed by atoms with van der Waals surface area (Å²) in [7, 11) is 1.46. The predicted molar refractivity (Wildman–Crippen MR) is 437 cm³/mol. The lowest BCUT2D eigenvalue weighted by atomic mass is 9.86. The number of nitrogens with zero attached hydrogens (tertiary/aromatic N) is 1. The van der Waals surface area contributed by atoms with Crippen molar-refractivity contribution in [3.63, 3.8) is 0 Å². The molecule has 24 N–H and O–H groups in total. The molecule has 23 atom stereocenters. The minimum atomic E-state index is -2.42. The van der Waals surface area contributed by atoms with Gasteiger partial charge < -0.3 is 158 Å². The summed E-state index contributed by atoms with van der Waals surface area (Å²) in [4.78, 5) is 122. The smallest absolute Gasteiger partial charge is 0.330 e. The van der Waals surface area contributed by atoms with Gasteiger partial charge in [0.25, 0.3) is 0 Å². The third-order valence-corrected chi connectivity index (χ3v) is 22.9. The molecule has 6 aromatic carbocycles. The van der Waals surface area contributed by atoms with Gasteiger partial charge in [-0.15, -0.1) is 0 Å². The van der Waals surface area contributed by atoms with Gasteiger partial charge in [-0.2, -0.15) is 0 Å². The Labute approximate surface area is 719 Å². The number of carbonyl (C=O) groups is 8. The number of primary amides is 1. The van der Waals surface area contributed by atoms with Crippen molar-refractivity contribution in [2.24, 2.45) is 17.4 Å². The summed E-state index contributed by atoms with van der Waals surface area (Å²) >= 11 is 14.5. The number of phenolic OH excluding ortho intramolecular Hbond substituents is 3. The van der Waals surface area contributed by atoms with Gasteiger partial charge in [0.1, 0.15) is 120 Å². The van der Waals surface area contributed by atoms with Crippen LogP contribution in [0, 0.1) is 12.8 Å². The number of halogens is 2. The van der Waals surface area contributed by atoms with Crippen LogP contribution in [-0.4, -0.2) is 258 Å². The van der Waals surface area contributed by atoms with Gasteiger partial charge in [-0.1, -0.05) is 67.4 Å². The van der Waals surface area contributed by atoms with E-state index in [1.54, 1.807) is 0 Å². The standard InChI is InChI=1S/C83H101Cl2N11O28/c1-8-96(40-11-9-10-34(4)21-40)19-18-89-31-54-65(103)66(104)68(106)81(120-54)124-72-55(32-97)121-82(69(107)67(72)105)123-71-52-25-39-26-53(71)119-51-17-14-38(24-45(51)85)70(122-57-30-83(6,87)73(108)35(5)117-57)63-79(114)93-61(80(115)116)43-27-41(98)28-49(100)58(43)42-22-36(12-15-48(42)99)59(76(111)95-63)92-77(112)60(39)91-75(110)47(29-56(86)101)90-78(113)62(94-74(109)46(88-7)20-33(2)3)64(102)37-13-16-50(118-52)44(84)23-37/h9-17,21-28,33,35,46-47,54-55,57,59-70,72-73,81-82,88-89,97-100,102-108H,8,18-20,29-32,87H2,1-7H3,(H2,86,101)(H,90,113)(H,91,110)(H,92,112)(H,93,114)(H,94,109)(H,95,111)(H,115,116)/t35-,46+,47?,54+,55+,57-,59?,60+,61?,62?,63-,64+,65-,66-,67+,68+,69+,70+,72+,73-,81-,82-,83-/m0/s1. The third kappa shape index (κ3) is 20.4. The Bertz CT molecular complexity index is 4980. The number of nitrogens with one attached hydrogen (secondary N) is 8. The number of likely N-dealkylation sites (N-methyl/N-ethyl adjacent to an activating group) is 2. The zero-order valence-corrected chi connectivity index (χ0v) is 69.5. The zero-order chi connectivity index (χ0) is 89.9. The number of anilines is 1.